The Bertz CT molecular complexity index is 1680. The molecular weight excluding hydrogens is 600 g/mol. The number of phenols is 1. The average molecular weight is 647 g/mol. The first kappa shape index (κ1) is 33.2. The number of benzene rings is 1. The van der Waals surface area contributed by atoms with E-state index in [4.69, 9.17) is 18.9 Å². The Morgan fingerprint density at radius 3 is 2.38 bits per heavy atom. The lowest BCUT2D eigenvalue weighted by atomic mass is 9.51. The van der Waals surface area contributed by atoms with Crippen LogP contribution < -0.4 is 9.47 Å². The van der Waals surface area contributed by atoms with Crippen LogP contribution in [0.5, 0.6) is 17.2 Å². The van der Waals surface area contributed by atoms with Gasteiger partial charge in [0.1, 0.15) is 34.2 Å². The van der Waals surface area contributed by atoms with Crippen LogP contribution in [0.1, 0.15) is 103 Å². The molecule has 47 heavy (non-hydrogen) atoms. The van der Waals surface area contributed by atoms with Gasteiger partial charge in [-0.2, -0.15) is 0 Å². The SMILES string of the molecule is CC(C)=CCC[C@@]1(C)Oc2c(c(O)c3c(c2CC=C(C)C)O[C@]24C(=CC5CC2C(C)(C)O[C@@]4(C/C=C(/C)OC=O)C5=O)C3=O)C[C@H]1O. The zero-order valence-corrected chi connectivity index (χ0v) is 28.6. The van der Waals surface area contributed by atoms with Crippen LogP contribution >= 0.6 is 0 Å². The van der Waals surface area contributed by atoms with Gasteiger partial charge in [-0.15, -0.1) is 0 Å². The highest BCUT2D eigenvalue weighted by Crippen LogP contribution is 2.68. The van der Waals surface area contributed by atoms with Crippen LogP contribution in [0.2, 0.25) is 0 Å². The van der Waals surface area contributed by atoms with Gasteiger partial charge in [-0.25, -0.2) is 0 Å². The summed E-state index contributed by atoms with van der Waals surface area (Å²) in [4.78, 5) is 40.2. The van der Waals surface area contributed by atoms with E-state index in [-0.39, 0.29) is 41.6 Å². The van der Waals surface area contributed by atoms with Gasteiger partial charge in [-0.3, -0.25) is 14.4 Å². The number of rotatable bonds is 9. The van der Waals surface area contributed by atoms with Crippen molar-refractivity contribution in [1.82, 2.24) is 0 Å². The van der Waals surface area contributed by atoms with Crippen LogP contribution in [0, 0.1) is 11.8 Å². The van der Waals surface area contributed by atoms with Crippen LogP contribution in [-0.2, 0) is 31.9 Å². The van der Waals surface area contributed by atoms with E-state index in [1.54, 1.807) is 19.1 Å². The number of carbonyl (C=O) groups excluding carboxylic acids is 3. The maximum atomic E-state index is 14.8. The second kappa shape index (κ2) is 11.2. The topological polar surface area (TPSA) is 129 Å². The van der Waals surface area contributed by atoms with Crippen molar-refractivity contribution in [2.45, 2.75) is 122 Å². The molecular formula is C38H46O9. The fraction of sp³-hybridized carbons (Fsp3) is 0.553. The number of hydrogen-bond donors (Lipinski definition) is 2. The lowest BCUT2D eigenvalue weighted by molar-refractivity contribution is -0.171. The number of fused-ring (bicyclic) bond motifs is 2. The molecule has 2 N–H and O–H groups in total. The summed E-state index contributed by atoms with van der Waals surface area (Å²) in [6.07, 6.45) is 8.65. The first-order valence-corrected chi connectivity index (χ1v) is 16.5. The Balaban J connectivity index is 1.58. The second-order valence-electron chi connectivity index (χ2n) is 15.1. The van der Waals surface area contributed by atoms with E-state index < -0.39 is 40.2 Å². The lowest BCUT2D eigenvalue weighted by Crippen LogP contribution is -2.72. The molecule has 3 heterocycles. The van der Waals surface area contributed by atoms with E-state index in [0.717, 1.165) is 5.57 Å². The number of carbonyl (C=O) groups is 3. The zero-order valence-electron chi connectivity index (χ0n) is 28.6. The monoisotopic (exact) mass is 646 g/mol. The predicted octanol–water partition coefficient (Wildman–Crippen LogP) is 6.18. The Hall–Kier alpha value is -3.69. The van der Waals surface area contributed by atoms with Crippen LogP contribution in [-0.4, -0.2) is 56.8 Å². The van der Waals surface area contributed by atoms with Crippen LogP contribution in [0.4, 0.5) is 0 Å². The van der Waals surface area contributed by atoms with Crippen molar-refractivity contribution in [2.24, 2.45) is 11.8 Å². The van der Waals surface area contributed by atoms with E-state index in [1.165, 1.54) is 5.57 Å². The standard InChI is InChI=1S/C38H46O9/c1-20(2)10-9-14-36(8)28(40)18-25-30(41)29-31(42)26-16-23-17-27-35(6,7)47-37(34(23)43,15-13-22(5)44-19-39)38(26,27)46-33(29)24(32(25)45-36)12-11-21(3)4/h10-11,13,16,19,23,27-28,40-41H,9,12,14-15,17-18H2,1-8H3/b22-13-/t23?,27?,28-,36-,37+,38-/m1/s1. The number of aliphatic hydroxyl groups is 1. The normalized spacial score (nSPS) is 32.7. The molecule has 1 saturated carbocycles. The predicted molar refractivity (Wildman–Crippen MR) is 174 cm³/mol. The maximum Gasteiger partial charge on any atom is 0.298 e. The second-order valence-corrected chi connectivity index (χ2v) is 15.1. The van der Waals surface area contributed by atoms with Gasteiger partial charge in [0.15, 0.2) is 22.8 Å². The summed E-state index contributed by atoms with van der Waals surface area (Å²) in [5.41, 5.74) is -1.42. The number of Topliss-reactive ketones (excluding diaryl/α,β-unsaturated/α-hetero) is 2. The van der Waals surface area contributed by atoms with Crippen molar-refractivity contribution < 1.29 is 43.5 Å². The lowest BCUT2D eigenvalue weighted by Gasteiger charge is -2.56. The molecule has 3 aliphatic heterocycles. The third kappa shape index (κ3) is 4.75. The third-order valence-corrected chi connectivity index (χ3v) is 10.9. The highest BCUT2D eigenvalue weighted by atomic mass is 16.6. The summed E-state index contributed by atoms with van der Waals surface area (Å²) in [6, 6.07) is 0. The number of ether oxygens (including phenoxy) is 4. The molecule has 6 aliphatic rings. The molecule has 6 atom stereocenters. The molecule has 2 fully saturated rings. The molecule has 7 rings (SSSR count). The molecule has 1 aromatic carbocycles. The fourth-order valence-electron chi connectivity index (χ4n) is 8.54. The minimum atomic E-state index is -1.58. The van der Waals surface area contributed by atoms with E-state index >= 15 is 0 Å². The summed E-state index contributed by atoms with van der Waals surface area (Å²) < 4.78 is 25.7. The van der Waals surface area contributed by atoms with Crippen LogP contribution in [0.15, 0.2) is 46.8 Å². The van der Waals surface area contributed by atoms with Gasteiger partial charge < -0.3 is 29.2 Å². The number of aromatic hydroxyl groups is 1. The minimum Gasteiger partial charge on any atom is -0.507 e. The van der Waals surface area contributed by atoms with E-state index in [9.17, 15) is 24.6 Å². The molecule has 0 aromatic heterocycles. The Labute approximate surface area is 276 Å². The quantitative estimate of drug-likeness (QED) is 0.184. The molecule has 252 valence electrons. The number of phenolic OH excluding ortho intramolecular Hbond substituents is 1. The van der Waals surface area contributed by atoms with Crippen LogP contribution in [0.25, 0.3) is 0 Å². The van der Waals surface area contributed by atoms with Gasteiger partial charge in [-0.05, 0) is 87.1 Å². The van der Waals surface area contributed by atoms with Crippen molar-refractivity contribution >= 4 is 18.0 Å². The molecule has 1 aromatic rings. The number of allylic oxidation sites excluding steroid dienone is 6. The highest BCUT2D eigenvalue weighted by molar-refractivity contribution is 6.18. The highest BCUT2D eigenvalue weighted by Gasteiger charge is 2.81. The summed E-state index contributed by atoms with van der Waals surface area (Å²) in [5, 5.41) is 23.2. The molecule has 1 saturated heterocycles. The first-order valence-electron chi connectivity index (χ1n) is 16.5. The molecule has 3 aliphatic carbocycles. The van der Waals surface area contributed by atoms with E-state index in [1.807, 2.05) is 54.5 Å². The van der Waals surface area contributed by atoms with Crippen molar-refractivity contribution in [1.29, 1.82) is 0 Å². The fourth-order valence-corrected chi connectivity index (χ4v) is 8.54. The largest absolute Gasteiger partial charge is 0.507 e. The van der Waals surface area contributed by atoms with Gasteiger partial charge in [-0.1, -0.05) is 29.4 Å². The van der Waals surface area contributed by atoms with Gasteiger partial charge >= 0.3 is 0 Å². The van der Waals surface area contributed by atoms with E-state index in [0.29, 0.717) is 60.4 Å². The van der Waals surface area contributed by atoms with E-state index in [2.05, 4.69) is 6.08 Å². The average Bonchev–Trinajstić information content (AvgIpc) is 3.14. The summed E-state index contributed by atoms with van der Waals surface area (Å²) >= 11 is 0. The summed E-state index contributed by atoms with van der Waals surface area (Å²) in [6.45, 7) is 15.6. The Morgan fingerprint density at radius 1 is 1.02 bits per heavy atom. The molecule has 2 unspecified atom stereocenters. The molecule has 4 bridgehead atoms. The molecule has 1 spiro atoms. The molecule has 0 amide bonds. The maximum absolute atomic E-state index is 14.8. The minimum absolute atomic E-state index is 0.0186. The summed E-state index contributed by atoms with van der Waals surface area (Å²) in [5.74, 6) is -0.958. The van der Waals surface area contributed by atoms with Crippen molar-refractivity contribution in [2.75, 3.05) is 0 Å². The van der Waals surface area contributed by atoms with Gasteiger partial charge in [0, 0.05) is 41.4 Å². The smallest absolute Gasteiger partial charge is 0.298 e. The molecule has 9 nitrogen and oxygen atoms in total. The molecule has 9 heteroatoms. The summed E-state index contributed by atoms with van der Waals surface area (Å²) in [7, 11) is 0. The van der Waals surface area contributed by atoms with Crippen molar-refractivity contribution in [3.8, 4) is 17.2 Å². The first-order chi connectivity index (χ1) is 22.0. The zero-order chi connectivity index (χ0) is 34.3. The van der Waals surface area contributed by atoms with Crippen molar-refractivity contribution in [3.05, 3.63) is 63.5 Å². The van der Waals surface area contributed by atoms with Crippen molar-refractivity contribution in [3.63, 3.8) is 0 Å². The van der Waals surface area contributed by atoms with Gasteiger partial charge in [0.2, 0.25) is 0 Å². The Morgan fingerprint density at radius 2 is 1.72 bits per heavy atom. The molecule has 0 radical (unpaired) electrons. The number of aliphatic hydroxyl groups excluding tert-OH is 1. The Kier molecular flexibility index (Phi) is 7.91. The van der Waals surface area contributed by atoms with Gasteiger partial charge in [0.05, 0.1) is 11.7 Å². The number of ketones is 2. The van der Waals surface area contributed by atoms with Gasteiger partial charge in [0.25, 0.3) is 6.47 Å². The van der Waals surface area contributed by atoms with Crippen LogP contribution in [0.3, 0.4) is 0 Å². The third-order valence-electron chi connectivity index (χ3n) is 10.9. The number of hydrogen-bond acceptors (Lipinski definition) is 9.